The first kappa shape index (κ1) is 28.1. The molecule has 2 aromatic carbocycles. The summed E-state index contributed by atoms with van der Waals surface area (Å²) < 4.78 is 11.4. The van der Waals surface area contributed by atoms with Gasteiger partial charge in [-0.05, 0) is 56.0 Å². The molecule has 1 aliphatic rings. The van der Waals surface area contributed by atoms with Crippen LogP contribution in [0.25, 0.3) is 0 Å². The first-order chi connectivity index (χ1) is 17.3. The number of carbonyl (C=O) groups excluding carboxylic acids is 2. The summed E-state index contributed by atoms with van der Waals surface area (Å²) in [6, 6.07) is 11.8. The van der Waals surface area contributed by atoms with Crippen molar-refractivity contribution in [3.05, 3.63) is 58.6 Å². The number of amides is 2. The molecule has 196 valence electrons. The van der Waals surface area contributed by atoms with Crippen LogP contribution in [0.5, 0.6) is 11.5 Å². The highest BCUT2D eigenvalue weighted by molar-refractivity contribution is 6.31. The molecule has 0 bridgehead atoms. The van der Waals surface area contributed by atoms with Gasteiger partial charge in [0.15, 0.2) is 11.5 Å². The van der Waals surface area contributed by atoms with Crippen molar-refractivity contribution in [2.45, 2.75) is 77.1 Å². The number of methoxy groups -OCH3 is 1. The van der Waals surface area contributed by atoms with Gasteiger partial charge in [0.25, 0.3) is 0 Å². The lowest BCUT2D eigenvalue weighted by Crippen LogP contribution is -2.46. The first-order valence-electron chi connectivity index (χ1n) is 12.6. The molecule has 8 heteroatoms. The minimum absolute atomic E-state index is 0.0476. The van der Waals surface area contributed by atoms with E-state index in [4.69, 9.17) is 32.7 Å². The van der Waals surface area contributed by atoms with Gasteiger partial charge in [-0.15, -0.1) is 11.6 Å². The summed E-state index contributed by atoms with van der Waals surface area (Å²) in [5.74, 6) is 0.194. The molecular formula is C28H36Cl2N2O4. The Morgan fingerprint density at radius 2 is 1.75 bits per heavy atom. The zero-order valence-electron chi connectivity index (χ0n) is 21.3. The standard InChI is InChI=1S/C28H36Cl2N2O4/c1-19(2)36-24-15-14-20(16-25(24)35-3)27(28(34)31-22-11-6-4-5-7-12-22)32(26(33)17-29)18-21-10-8-9-13-23(21)30/h8-10,13-16,19,22,27H,4-7,11-12,17-18H2,1-3H3,(H,31,34)/t27-/m0/s1. The first-order valence-corrected chi connectivity index (χ1v) is 13.5. The number of hydrogen-bond acceptors (Lipinski definition) is 4. The SMILES string of the molecule is COc1cc([C@@H](C(=O)NC2CCCCCC2)N(Cc2ccccc2Cl)C(=O)CCl)ccc1OC(C)C. The van der Waals surface area contributed by atoms with Crippen LogP contribution in [0.3, 0.4) is 0 Å². The van der Waals surface area contributed by atoms with E-state index in [2.05, 4.69) is 5.32 Å². The maximum Gasteiger partial charge on any atom is 0.247 e. The molecule has 36 heavy (non-hydrogen) atoms. The molecule has 0 spiro atoms. The van der Waals surface area contributed by atoms with Gasteiger partial charge in [0.2, 0.25) is 11.8 Å². The van der Waals surface area contributed by atoms with Crippen LogP contribution in [0.2, 0.25) is 5.02 Å². The van der Waals surface area contributed by atoms with Crippen LogP contribution in [-0.4, -0.2) is 41.8 Å². The topological polar surface area (TPSA) is 67.9 Å². The van der Waals surface area contributed by atoms with Gasteiger partial charge in [-0.2, -0.15) is 0 Å². The molecule has 1 aliphatic carbocycles. The van der Waals surface area contributed by atoms with E-state index in [0.717, 1.165) is 31.2 Å². The number of nitrogens with zero attached hydrogens (tertiary/aromatic N) is 1. The summed E-state index contributed by atoms with van der Waals surface area (Å²) in [6.45, 7) is 4.00. The molecule has 2 amide bonds. The van der Waals surface area contributed by atoms with E-state index in [1.54, 1.807) is 31.4 Å². The Balaban J connectivity index is 2.03. The minimum Gasteiger partial charge on any atom is -0.493 e. The van der Waals surface area contributed by atoms with Crippen molar-refractivity contribution in [2.24, 2.45) is 0 Å². The molecule has 0 radical (unpaired) electrons. The number of halogens is 2. The fourth-order valence-electron chi connectivity index (χ4n) is 4.59. The van der Waals surface area contributed by atoms with Crippen LogP contribution in [0, 0.1) is 0 Å². The van der Waals surface area contributed by atoms with Crippen molar-refractivity contribution in [2.75, 3.05) is 13.0 Å². The third-order valence-corrected chi connectivity index (χ3v) is 6.96. The fraction of sp³-hybridized carbons (Fsp3) is 0.500. The van der Waals surface area contributed by atoms with Gasteiger partial charge in [-0.3, -0.25) is 9.59 Å². The summed E-state index contributed by atoms with van der Waals surface area (Å²) in [5.41, 5.74) is 1.34. The number of carbonyl (C=O) groups is 2. The van der Waals surface area contributed by atoms with E-state index in [-0.39, 0.29) is 36.4 Å². The molecule has 6 nitrogen and oxygen atoms in total. The molecule has 1 saturated carbocycles. The van der Waals surface area contributed by atoms with Gasteiger partial charge in [0, 0.05) is 17.6 Å². The summed E-state index contributed by atoms with van der Waals surface area (Å²) in [7, 11) is 1.55. The molecule has 0 unspecified atom stereocenters. The van der Waals surface area contributed by atoms with Gasteiger partial charge in [0.1, 0.15) is 11.9 Å². The van der Waals surface area contributed by atoms with E-state index in [1.807, 2.05) is 32.0 Å². The second-order valence-corrected chi connectivity index (χ2v) is 10.1. The maximum absolute atomic E-state index is 13.9. The van der Waals surface area contributed by atoms with E-state index in [1.165, 1.54) is 17.7 Å². The number of ether oxygens (including phenoxy) is 2. The van der Waals surface area contributed by atoms with Crippen LogP contribution in [0.1, 0.15) is 69.5 Å². The summed E-state index contributed by atoms with van der Waals surface area (Å²) >= 11 is 12.5. The number of hydrogen-bond donors (Lipinski definition) is 1. The lowest BCUT2D eigenvalue weighted by Gasteiger charge is -2.33. The molecule has 2 aromatic rings. The third kappa shape index (κ3) is 7.53. The average Bonchev–Trinajstić information content (AvgIpc) is 3.13. The van der Waals surface area contributed by atoms with Crippen molar-refractivity contribution in [3.63, 3.8) is 0 Å². The van der Waals surface area contributed by atoms with Gasteiger partial charge in [-0.25, -0.2) is 0 Å². The largest absolute Gasteiger partial charge is 0.493 e. The van der Waals surface area contributed by atoms with Crippen molar-refractivity contribution < 1.29 is 19.1 Å². The van der Waals surface area contributed by atoms with Gasteiger partial charge in [-0.1, -0.05) is 61.5 Å². The van der Waals surface area contributed by atoms with Gasteiger partial charge < -0.3 is 19.7 Å². The Kier molecular flexibility index (Phi) is 10.7. The van der Waals surface area contributed by atoms with Crippen molar-refractivity contribution >= 4 is 35.0 Å². The van der Waals surface area contributed by atoms with Crippen LogP contribution in [0.4, 0.5) is 0 Å². The summed E-state index contributed by atoms with van der Waals surface area (Å²) in [5, 5.41) is 3.74. The highest BCUT2D eigenvalue weighted by Gasteiger charge is 2.33. The minimum atomic E-state index is -0.919. The molecule has 0 aliphatic heterocycles. The highest BCUT2D eigenvalue weighted by Crippen LogP contribution is 2.34. The van der Waals surface area contributed by atoms with E-state index in [9.17, 15) is 9.59 Å². The van der Waals surface area contributed by atoms with Crippen LogP contribution in [-0.2, 0) is 16.1 Å². The molecule has 0 aromatic heterocycles. The summed E-state index contributed by atoms with van der Waals surface area (Å²) in [6.07, 6.45) is 6.31. The van der Waals surface area contributed by atoms with Crippen molar-refractivity contribution in [3.8, 4) is 11.5 Å². The van der Waals surface area contributed by atoms with E-state index < -0.39 is 6.04 Å². The van der Waals surface area contributed by atoms with Gasteiger partial charge >= 0.3 is 0 Å². The number of rotatable bonds is 10. The van der Waals surface area contributed by atoms with Crippen molar-refractivity contribution in [1.82, 2.24) is 10.2 Å². The molecular weight excluding hydrogens is 499 g/mol. The third-order valence-electron chi connectivity index (χ3n) is 6.36. The Labute approximate surface area is 224 Å². The van der Waals surface area contributed by atoms with E-state index in [0.29, 0.717) is 22.1 Å². The fourth-order valence-corrected chi connectivity index (χ4v) is 4.94. The van der Waals surface area contributed by atoms with Crippen molar-refractivity contribution in [1.29, 1.82) is 0 Å². The predicted octanol–water partition coefficient (Wildman–Crippen LogP) is 6.28. The molecule has 0 heterocycles. The second-order valence-electron chi connectivity index (χ2n) is 9.42. The molecule has 0 saturated heterocycles. The smallest absolute Gasteiger partial charge is 0.247 e. The molecule has 1 N–H and O–H groups in total. The Morgan fingerprint density at radius 3 is 2.36 bits per heavy atom. The zero-order valence-corrected chi connectivity index (χ0v) is 22.8. The van der Waals surface area contributed by atoms with Crippen LogP contribution < -0.4 is 14.8 Å². The molecule has 3 rings (SSSR count). The Bertz CT molecular complexity index is 1020. The molecule has 1 fully saturated rings. The Morgan fingerprint density at radius 1 is 1.06 bits per heavy atom. The highest BCUT2D eigenvalue weighted by atomic mass is 35.5. The Hall–Kier alpha value is -2.44. The van der Waals surface area contributed by atoms with Crippen LogP contribution >= 0.6 is 23.2 Å². The monoisotopic (exact) mass is 534 g/mol. The molecule has 1 atom stereocenters. The number of benzene rings is 2. The predicted molar refractivity (Wildman–Crippen MR) is 144 cm³/mol. The quantitative estimate of drug-likeness (QED) is 0.287. The maximum atomic E-state index is 13.9. The van der Waals surface area contributed by atoms with E-state index >= 15 is 0 Å². The summed E-state index contributed by atoms with van der Waals surface area (Å²) in [4.78, 5) is 28.5. The lowest BCUT2D eigenvalue weighted by molar-refractivity contribution is -0.140. The second kappa shape index (κ2) is 13.8. The average molecular weight is 536 g/mol. The number of nitrogens with one attached hydrogen (secondary N) is 1. The van der Waals surface area contributed by atoms with Gasteiger partial charge in [0.05, 0.1) is 13.2 Å². The zero-order chi connectivity index (χ0) is 26.1. The normalized spacial score (nSPS) is 15.2. The lowest BCUT2D eigenvalue weighted by atomic mass is 10.0. The van der Waals surface area contributed by atoms with Crippen LogP contribution in [0.15, 0.2) is 42.5 Å². The number of alkyl halides is 1.